The molecular weight excluding hydrogens is 168 g/mol. The van der Waals surface area contributed by atoms with E-state index in [2.05, 4.69) is 40.3 Å². The molecule has 2 heteroatoms. The predicted molar refractivity (Wildman–Crippen MR) is 57.9 cm³/mol. The number of ether oxygens (including phenoxy) is 1. The topological polar surface area (TPSA) is 9.23 Å². The second-order valence-corrected chi connectivity index (χ2v) is 4.67. The van der Waals surface area contributed by atoms with Crippen LogP contribution in [-0.4, -0.2) is 19.0 Å². The predicted octanol–water partition coefficient (Wildman–Crippen LogP) is 3.01. The Morgan fingerprint density at radius 1 is 1.42 bits per heavy atom. The van der Waals surface area contributed by atoms with E-state index in [9.17, 15) is 0 Å². The lowest BCUT2D eigenvalue weighted by molar-refractivity contribution is 0.0524. The van der Waals surface area contributed by atoms with Crippen LogP contribution in [0.3, 0.4) is 0 Å². The maximum atomic E-state index is 5.59. The van der Waals surface area contributed by atoms with Gasteiger partial charge in [-0.1, -0.05) is 34.1 Å². The first kappa shape index (κ1) is 12.3. The minimum Gasteiger partial charge on any atom is -0.381 e. The Bertz CT molecular complexity index is 112. The Labute approximate surface area is 82.3 Å². The van der Waals surface area contributed by atoms with Gasteiger partial charge in [-0.3, -0.25) is 0 Å². The van der Waals surface area contributed by atoms with E-state index in [0.717, 1.165) is 19.0 Å². The molecular formula is C10H22OS. The summed E-state index contributed by atoms with van der Waals surface area (Å²) >= 11 is 4.27. The Hall–Kier alpha value is 0.310. The SMILES string of the molecule is CCC(C)COCC(C)(C)CS. The van der Waals surface area contributed by atoms with Gasteiger partial charge < -0.3 is 4.74 Å². The minimum absolute atomic E-state index is 0.219. The smallest absolute Gasteiger partial charge is 0.0525 e. The summed E-state index contributed by atoms with van der Waals surface area (Å²) in [5.41, 5.74) is 0.219. The second kappa shape index (κ2) is 5.87. The molecule has 0 radical (unpaired) electrons. The zero-order chi connectivity index (χ0) is 9.61. The number of hydrogen-bond donors (Lipinski definition) is 1. The fourth-order valence-electron chi connectivity index (χ4n) is 0.700. The van der Waals surface area contributed by atoms with Crippen molar-refractivity contribution in [3.8, 4) is 0 Å². The summed E-state index contributed by atoms with van der Waals surface area (Å²) in [5.74, 6) is 1.56. The zero-order valence-electron chi connectivity index (χ0n) is 8.76. The van der Waals surface area contributed by atoms with Crippen molar-refractivity contribution in [3.63, 3.8) is 0 Å². The average Bonchev–Trinajstić information content (AvgIpc) is 2.04. The largest absolute Gasteiger partial charge is 0.381 e. The van der Waals surface area contributed by atoms with Gasteiger partial charge in [0.2, 0.25) is 0 Å². The molecule has 0 aromatic carbocycles. The maximum Gasteiger partial charge on any atom is 0.0525 e. The normalized spacial score (nSPS) is 14.8. The Morgan fingerprint density at radius 3 is 2.42 bits per heavy atom. The monoisotopic (exact) mass is 190 g/mol. The van der Waals surface area contributed by atoms with Gasteiger partial charge in [-0.05, 0) is 17.1 Å². The Balaban J connectivity index is 3.42. The fourth-order valence-corrected chi connectivity index (χ4v) is 0.791. The molecule has 0 aliphatic carbocycles. The lowest BCUT2D eigenvalue weighted by atomic mass is 9.98. The molecule has 12 heavy (non-hydrogen) atoms. The summed E-state index contributed by atoms with van der Waals surface area (Å²) in [7, 11) is 0. The summed E-state index contributed by atoms with van der Waals surface area (Å²) in [6.07, 6.45) is 1.20. The highest BCUT2D eigenvalue weighted by molar-refractivity contribution is 7.80. The van der Waals surface area contributed by atoms with E-state index in [0.29, 0.717) is 5.92 Å². The minimum atomic E-state index is 0.219. The van der Waals surface area contributed by atoms with Crippen LogP contribution in [-0.2, 0) is 4.74 Å². The van der Waals surface area contributed by atoms with Crippen LogP contribution in [0, 0.1) is 11.3 Å². The van der Waals surface area contributed by atoms with Gasteiger partial charge in [0.05, 0.1) is 6.61 Å². The first-order chi connectivity index (χ1) is 5.52. The molecule has 0 aromatic heterocycles. The molecule has 74 valence electrons. The van der Waals surface area contributed by atoms with E-state index in [1.54, 1.807) is 0 Å². The number of thiol groups is 1. The first-order valence-electron chi connectivity index (χ1n) is 4.70. The quantitative estimate of drug-likeness (QED) is 0.633. The molecule has 0 N–H and O–H groups in total. The molecule has 0 fully saturated rings. The summed E-state index contributed by atoms with van der Waals surface area (Å²) in [6.45, 7) is 10.5. The van der Waals surface area contributed by atoms with Crippen LogP contribution in [0.25, 0.3) is 0 Å². The van der Waals surface area contributed by atoms with Crippen LogP contribution >= 0.6 is 12.6 Å². The molecule has 0 heterocycles. The lowest BCUT2D eigenvalue weighted by Crippen LogP contribution is -2.22. The fraction of sp³-hybridized carbons (Fsp3) is 1.00. The highest BCUT2D eigenvalue weighted by Crippen LogP contribution is 2.17. The van der Waals surface area contributed by atoms with Crippen molar-refractivity contribution >= 4 is 12.6 Å². The number of rotatable bonds is 6. The van der Waals surface area contributed by atoms with E-state index in [1.807, 2.05) is 0 Å². The van der Waals surface area contributed by atoms with Crippen LogP contribution in [0.15, 0.2) is 0 Å². The third-order valence-electron chi connectivity index (χ3n) is 2.02. The third-order valence-corrected chi connectivity index (χ3v) is 2.88. The highest BCUT2D eigenvalue weighted by Gasteiger charge is 2.15. The maximum absolute atomic E-state index is 5.59. The Morgan fingerprint density at radius 2 is 2.00 bits per heavy atom. The third kappa shape index (κ3) is 5.90. The van der Waals surface area contributed by atoms with Gasteiger partial charge in [-0.15, -0.1) is 0 Å². The molecule has 1 unspecified atom stereocenters. The molecule has 0 saturated heterocycles. The van der Waals surface area contributed by atoms with Gasteiger partial charge in [0.1, 0.15) is 0 Å². The molecule has 1 atom stereocenters. The first-order valence-corrected chi connectivity index (χ1v) is 5.33. The molecule has 0 bridgehead atoms. The van der Waals surface area contributed by atoms with Crippen molar-refractivity contribution in [1.82, 2.24) is 0 Å². The molecule has 0 spiro atoms. The van der Waals surface area contributed by atoms with E-state index >= 15 is 0 Å². The lowest BCUT2D eigenvalue weighted by Gasteiger charge is -2.22. The summed E-state index contributed by atoms with van der Waals surface area (Å²) in [4.78, 5) is 0. The standard InChI is InChI=1S/C10H22OS/c1-5-9(2)6-11-7-10(3,4)8-12/h9,12H,5-8H2,1-4H3. The Kier molecular flexibility index (Phi) is 6.02. The van der Waals surface area contributed by atoms with Gasteiger partial charge in [0.15, 0.2) is 0 Å². The van der Waals surface area contributed by atoms with Gasteiger partial charge in [0, 0.05) is 6.61 Å². The molecule has 0 aliphatic heterocycles. The molecule has 0 rings (SSSR count). The zero-order valence-corrected chi connectivity index (χ0v) is 9.66. The van der Waals surface area contributed by atoms with E-state index < -0.39 is 0 Å². The van der Waals surface area contributed by atoms with Gasteiger partial charge in [0.25, 0.3) is 0 Å². The second-order valence-electron chi connectivity index (χ2n) is 4.35. The van der Waals surface area contributed by atoms with Gasteiger partial charge in [-0.25, -0.2) is 0 Å². The highest BCUT2D eigenvalue weighted by atomic mass is 32.1. The van der Waals surface area contributed by atoms with Crippen LogP contribution < -0.4 is 0 Å². The van der Waals surface area contributed by atoms with Gasteiger partial charge >= 0.3 is 0 Å². The molecule has 0 amide bonds. The van der Waals surface area contributed by atoms with Crippen LogP contribution in [0.1, 0.15) is 34.1 Å². The van der Waals surface area contributed by atoms with E-state index in [-0.39, 0.29) is 5.41 Å². The molecule has 0 saturated carbocycles. The summed E-state index contributed by atoms with van der Waals surface area (Å²) < 4.78 is 5.59. The number of hydrogen-bond acceptors (Lipinski definition) is 2. The van der Waals surface area contributed by atoms with Crippen molar-refractivity contribution < 1.29 is 4.74 Å². The molecule has 0 aromatic rings. The van der Waals surface area contributed by atoms with Crippen molar-refractivity contribution in [2.75, 3.05) is 19.0 Å². The average molecular weight is 190 g/mol. The molecule has 0 aliphatic rings. The van der Waals surface area contributed by atoms with Crippen molar-refractivity contribution in [1.29, 1.82) is 0 Å². The van der Waals surface area contributed by atoms with Crippen molar-refractivity contribution in [3.05, 3.63) is 0 Å². The van der Waals surface area contributed by atoms with Crippen molar-refractivity contribution in [2.45, 2.75) is 34.1 Å². The van der Waals surface area contributed by atoms with Crippen LogP contribution in [0.2, 0.25) is 0 Å². The van der Waals surface area contributed by atoms with Crippen LogP contribution in [0.5, 0.6) is 0 Å². The van der Waals surface area contributed by atoms with E-state index in [1.165, 1.54) is 6.42 Å². The summed E-state index contributed by atoms with van der Waals surface area (Å²) in [5, 5.41) is 0. The molecule has 1 nitrogen and oxygen atoms in total. The van der Waals surface area contributed by atoms with E-state index in [4.69, 9.17) is 4.74 Å². The van der Waals surface area contributed by atoms with Crippen LogP contribution in [0.4, 0.5) is 0 Å². The summed E-state index contributed by atoms with van der Waals surface area (Å²) in [6, 6.07) is 0. The van der Waals surface area contributed by atoms with Gasteiger partial charge in [-0.2, -0.15) is 12.6 Å². The van der Waals surface area contributed by atoms with Crippen molar-refractivity contribution in [2.24, 2.45) is 11.3 Å².